The van der Waals surface area contributed by atoms with Gasteiger partial charge >= 0.3 is 0 Å². The zero-order valence-electron chi connectivity index (χ0n) is 20.5. The summed E-state index contributed by atoms with van der Waals surface area (Å²) in [6.45, 7) is 2.11. The van der Waals surface area contributed by atoms with Crippen LogP contribution in [0.3, 0.4) is 0 Å². The maximum Gasteiger partial charge on any atom is 0.258 e. The lowest BCUT2D eigenvalue weighted by Gasteiger charge is -2.33. The molecule has 0 fully saturated rings. The number of benzene rings is 4. The van der Waals surface area contributed by atoms with Gasteiger partial charge in [0.1, 0.15) is 0 Å². The van der Waals surface area contributed by atoms with Gasteiger partial charge in [0, 0.05) is 29.7 Å². The van der Waals surface area contributed by atoms with E-state index in [0.717, 1.165) is 37.3 Å². The van der Waals surface area contributed by atoms with Gasteiger partial charge in [-0.1, -0.05) is 60.7 Å². The van der Waals surface area contributed by atoms with E-state index in [4.69, 9.17) is 0 Å². The van der Waals surface area contributed by atoms with Crippen LogP contribution in [0.5, 0.6) is 0 Å². The molecule has 38 heavy (non-hydrogen) atoms. The summed E-state index contributed by atoms with van der Waals surface area (Å²) >= 11 is 0. The highest BCUT2D eigenvalue weighted by Crippen LogP contribution is 2.41. The Morgan fingerprint density at radius 2 is 0.868 bits per heavy atom. The minimum absolute atomic E-state index is 0.365. The number of amides is 4. The first-order valence-corrected chi connectivity index (χ1v) is 12.2. The van der Waals surface area contributed by atoms with Crippen molar-refractivity contribution in [3.05, 3.63) is 132 Å². The highest BCUT2D eigenvalue weighted by Gasteiger charge is 2.33. The molecule has 6 rings (SSSR count). The van der Waals surface area contributed by atoms with Crippen molar-refractivity contribution in [2.75, 3.05) is 9.80 Å². The molecule has 0 saturated heterocycles. The molecule has 6 nitrogen and oxygen atoms in total. The Labute approximate surface area is 219 Å². The second-order valence-corrected chi connectivity index (χ2v) is 9.47. The SMILES string of the molecule is CC(c1ccc(N2C(=O)C=CC2=O)cc1)(c1ccc(N2C(=O)C=CC2=O)cc1)c1ccc2ccccc2c1. The van der Waals surface area contributed by atoms with Crippen molar-refractivity contribution >= 4 is 45.8 Å². The van der Waals surface area contributed by atoms with Crippen molar-refractivity contribution in [3.8, 4) is 0 Å². The van der Waals surface area contributed by atoms with Crippen molar-refractivity contribution in [1.29, 1.82) is 0 Å². The van der Waals surface area contributed by atoms with Crippen molar-refractivity contribution < 1.29 is 19.2 Å². The van der Waals surface area contributed by atoms with E-state index < -0.39 is 5.41 Å². The Kier molecular flexibility index (Phi) is 5.39. The maximum atomic E-state index is 12.2. The molecular formula is C32H22N2O4. The Morgan fingerprint density at radius 1 is 0.474 bits per heavy atom. The zero-order valence-corrected chi connectivity index (χ0v) is 20.5. The molecule has 4 aromatic rings. The number of carbonyl (C=O) groups excluding carboxylic acids is 4. The molecular weight excluding hydrogens is 476 g/mol. The van der Waals surface area contributed by atoms with E-state index in [1.807, 2.05) is 36.4 Å². The summed E-state index contributed by atoms with van der Waals surface area (Å²) in [5.41, 5.74) is 3.32. The Morgan fingerprint density at radius 3 is 1.32 bits per heavy atom. The summed E-state index contributed by atoms with van der Waals surface area (Å²) in [6.07, 6.45) is 5.06. The van der Waals surface area contributed by atoms with Gasteiger partial charge in [0.15, 0.2) is 0 Å². The van der Waals surface area contributed by atoms with Crippen LogP contribution < -0.4 is 9.80 Å². The van der Waals surface area contributed by atoms with Gasteiger partial charge in [0.25, 0.3) is 23.6 Å². The molecule has 2 heterocycles. The summed E-state index contributed by atoms with van der Waals surface area (Å²) in [7, 11) is 0. The van der Waals surface area contributed by atoms with Crippen LogP contribution in [0.4, 0.5) is 11.4 Å². The fraction of sp³-hybridized carbons (Fsp3) is 0.0625. The maximum absolute atomic E-state index is 12.2. The lowest BCUT2D eigenvalue weighted by atomic mass is 9.70. The van der Waals surface area contributed by atoms with Gasteiger partial charge in [-0.3, -0.25) is 19.2 Å². The fourth-order valence-electron chi connectivity index (χ4n) is 5.20. The molecule has 4 aromatic carbocycles. The molecule has 0 unspecified atom stereocenters. The predicted octanol–water partition coefficient (Wildman–Crippen LogP) is 5.05. The van der Waals surface area contributed by atoms with Gasteiger partial charge in [0.05, 0.1) is 11.4 Å². The van der Waals surface area contributed by atoms with Gasteiger partial charge in [0.2, 0.25) is 0 Å². The minimum Gasteiger partial charge on any atom is -0.269 e. The topological polar surface area (TPSA) is 74.8 Å². The van der Waals surface area contributed by atoms with Gasteiger partial charge in [-0.25, -0.2) is 9.80 Å². The van der Waals surface area contributed by atoms with Crippen LogP contribution >= 0.6 is 0 Å². The Hall–Kier alpha value is -5.10. The monoisotopic (exact) mass is 498 g/mol. The number of carbonyl (C=O) groups is 4. The van der Waals surface area contributed by atoms with Gasteiger partial charge < -0.3 is 0 Å². The van der Waals surface area contributed by atoms with E-state index in [1.54, 1.807) is 24.3 Å². The third kappa shape index (κ3) is 3.66. The molecule has 4 amide bonds. The highest BCUT2D eigenvalue weighted by molar-refractivity contribution is 6.28. The first kappa shape index (κ1) is 23.3. The van der Waals surface area contributed by atoms with Crippen LogP contribution in [-0.2, 0) is 24.6 Å². The lowest BCUT2D eigenvalue weighted by Crippen LogP contribution is -2.30. The van der Waals surface area contributed by atoms with E-state index in [9.17, 15) is 19.2 Å². The smallest absolute Gasteiger partial charge is 0.258 e. The normalized spacial score (nSPS) is 15.4. The quantitative estimate of drug-likeness (QED) is 0.285. The third-order valence-electron chi connectivity index (χ3n) is 7.35. The summed E-state index contributed by atoms with van der Waals surface area (Å²) < 4.78 is 0. The van der Waals surface area contributed by atoms with E-state index in [2.05, 4.69) is 37.3 Å². The fourth-order valence-corrected chi connectivity index (χ4v) is 5.20. The van der Waals surface area contributed by atoms with Gasteiger partial charge in [-0.05, 0) is 64.7 Å². The van der Waals surface area contributed by atoms with E-state index in [0.29, 0.717) is 11.4 Å². The average Bonchev–Trinajstić information content (AvgIpc) is 3.47. The zero-order chi connectivity index (χ0) is 26.4. The second-order valence-electron chi connectivity index (χ2n) is 9.47. The molecule has 0 atom stereocenters. The van der Waals surface area contributed by atoms with Crippen LogP contribution in [0.15, 0.2) is 115 Å². The largest absolute Gasteiger partial charge is 0.269 e. The molecule has 0 aromatic heterocycles. The summed E-state index contributed by atoms with van der Waals surface area (Å²) in [5.74, 6) is -1.46. The van der Waals surface area contributed by atoms with E-state index >= 15 is 0 Å². The Balaban J connectivity index is 1.46. The highest BCUT2D eigenvalue weighted by atomic mass is 16.2. The van der Waals surface area contributed by atoms with E-state index in [-0.39, 0.29) is 23.6 Å². The van der Waals surface area contributed by atoms with Crippen molar-refractivity contribution in [2.24, 2.45) is 0 Å². The van der Waals surface area contributed by atoms with Crippen molar-refractivity contribution in [1.82, 2.24) is 0 Å². The van der Waals surface area contributed by atoms with Crippen molar-refractivity contribution in [2.45, 2.75) is 12.3 Å². The number of nitrogens with zero attached hydrogens (tertiary/aromatic N) is 2. The summed E-state index contributed by atoms with van der Waals surface area (Å²) in [6, 6.07) is 29.3. The van der Waals surface area contributed by atoms with Crippen LogP contribution in [0.25, 0.3) is 10.8 Å². The standard InChI is InChI=1S/C32H22N2O4/c1-32(25-7-6-21-4-2-3-5-22(21)20-25,23-8-12-26(13-9-23)33-28(35)16-17-29(33)36)24-10-14-27(15-11-24)34-30(37)18-19-31(34)38/h2-20H,1H3. The first-order chi connectivity index (χ1) is 18.4. The molecule has 0 saturated carbocycles. The lowest BCUT2D eigenvalue weighted by molar-refractivity contribution is -0.121. The molecule has 2 aliphatic heterocycles. The van der Waals surface area contributed by atoms with Crippen molar-refractivity contribution in [3.63, 3.8) is 0 Å². The molecule has 0 N–H and O–H groups in total. The van der Waals surface area contributed by atoms with Crippen LogP contribution in [0, 0.1) is 0 Å². The summed E-state index contributed by atoms with van der Waals surface area (Å²) in [4.78, 5) is 51.0. The molecule has 0 aliphatic carbocycles. The number of hydrogen-bond donors (Lipinski definition) is 0. The molecule has 0 bridgehead atoms. The minimum atomic E-state index is -0.629. The van der Waals surface area contributed by atoms with Gasteiger partial charge in [-0.15, -0.1) is 0 Å². The third-order valence-corrected chi connectivity index (χ3v) is 7.35. The van der Waals surface area contributed by atoms with Gasteiger partial charge in [-0.2, -0.15) is 0 Å². The molecule has 0 radical (unpaired) electrons. The van der Waals surface area contributed by atoms with E-state index in [1.165, 1.54) is 24.3 Å². The molecule has 2 aliphatic rings. The summed E-state index contributed by atoms with van der Waals surface area (Å²) in [5, 5.41) is 2.23. The number of hydrogen-bond acceptors (Lipinski definition) is 4. The van der Waals surface area contributed by atoms with Crippen LogP contribution in [0.1, 0.15) is 23.6 Å². The van der Waals surface area contributed by atoms with Crippen LogP contribution in [0.2, 0.25) is 0 Å². The predicted molar refractivity (Wildman–Crippen MR) is 146 cm³/mol. The Bertz CT molecular complexity index is 1580. The number of anilines is 2. The molecule has 184 valence electrons. The molecule has 0 spiro atoms. The average molecular weight is 499 g/mol. The number of rotatable bonds is 5. The molecule has 6 heteroatoms. The number of fused-ring (bicyclic) bond motifs is 1. The van der Waals surface area contributed by atoms with Crippen LogP contribution in [-0.4, -0.2) is 23.6 Å². The first-order valence-electron chi connectivity index (χ1n) is 12.2. The number of imide groups is 2. The second kappa shape index (κ2) is 8.78.